The molecule has 0 aromatic rings. The SMILES string of the molecule is CCCCCCCCC[CH2][Sb]([CH2]CCC)[CH2]CCC. The molecule has 0 saturated carbocycles. The third-order valence-corrected chi connectivity index (χ3v) is 12.1. The second-order valence-corrected chi connectivity index (χ2v) is 13.7. The van der Waals surface area contributed by atoms with Crippen molar-refractivity contribution >= 4 is 20.2 Å². The molecule has 116 valence electrons. The van der Waals surface area contributed by atoms with Gasteiger partial charge in [-0.2, -0.15) is 0 Å². The summed E-state index contributed by atoms with van der Waals surface area (Å²) in [5.41, 5.74) is 0. The van der Waals surface area contributed by atoms with Gasteiger partial charge in [0.2, 0.25) is 0 Å². The van der Waals surface area contributed by atoms with E-state index in [2.05, 4.69) is 20.8 Å². The summed E-state index contributed by atoms with van der Waals surface area (Å²) >= 11 is -0.781. The normalized spacial score (nSPS) is 11.4. The zero-order valence-corrected chi connectivity index (χ0v) is 16.6. The molecule has 0 aliphatic heterocycles. The Labute approximate surface area is 131 Å². The van der Waals surface area contributed by atoms with Crippen LogP contribution < -0.4 is 0 Å². The Morgan fingerprint density at radius 3 is 1.26 bits per heavy atom. The first-order valence-corrected chi connectivity index (χ1v) is 14.5. The van der Waals surface area contributed by atoms with Crippen LogP contribution in [-0.4, -0.2) is 20.2 Å². The fraction of sp³-hybridized carbons (Fsp3) is 1.00. The van der Waals surface area contributed by atoms with Crippen molar-refractivity contribution in [3.8, 4) is 0 Å². The summed E-state index contributed by atoms with van der Waals surface area (Å²) < 4.78 is 5.04. The molecule has 0 spiro atoms. The van der Waals surface area contributed by atoms with E-state index in [1.165, 1.54) is 70.6 Å². The van der Waals surface area contributed by atoms with Crippen molar-refractivity contribution in [3.63, 3.8) is 0 Å². The first-order chi connectivity index (χ1) is 9.35. The predicted octanol–water partition coefficient (Wildman–Crippen LogP) is 7.22. The van der Waals surface area contributed by atoms with Crippen molar-refractivity contribution in [2.24, 2.45) is 0 Å². The first kappa shape index (κ1) is 19.8. The van der Waals surface area contributed by atoms with E-state index in [0.717, 1.165) is 0 Å². The Kier molecular flexibility index (Phi) is 17.6. The first-order valence-electron chi connectivity index (χ1n) is 9.07. The molecule has 0 nitrogen and oxygen atoms in total. The topological polar surface area (TPSA) is 0 Å². The van der Waals surface area contributed by atoms with Gasteiger partial charge in [-0.25, -0.2) is 0 Å². The summed E-state index contributed by atoms with van der Waals surface area (Å²) in [6, 6.07) is 0. The maximum absolute atomic E-state index is 2.36. The van der Waals surface area contributed by atoms with E-state index < -0.39 is 20.2 Å². The van der Waals surface area contributed by atoms with Crippen LogP contribution in [0.2, 0.25) is 13.1 Å². The minimum absolute atomic E-state index is 0.781. The van der Waals surface area contributed by atoms with Crippen LogP contribution >= 0.6 is 0 Å². The Morgan fingerprint density at radius 1 is 0.421 bits per heavy atom. The quantitative estimate of drug-likeness (QED) is 0.209. The number of unbranched alkanes of at least 4 members (excludes halogenated alkanes) is 9. The van der Waals surface area contributed by atoms with Crippen molar-refractivity contribution in [1.29, 1.82) is 0 Å². The Morgan fingerprint density at radius 2 is 0.789 bits per heavy atom. The van der Waals surface area contributed by atoms with E-state index in [9.17, 15) is 0 Å². The summed E-state index contributed by atoms with van der Waals surface area (Å²) in [7, 11) is 0. The number of rotatable bonds is 15. The van der Waals surface area contributed by atoms with Crippen LogP contribution in [0.1, 0.15) is 97.8 Å². The zero-order chi connectivity index (χ0) is 14.2. The van der Waals surface area contributed by atoms with Crippen LogP contribution in [0.15, 0.2) is 0 Å². The second kappa shape index (κ2) is 16.9. The molecule has 0 unspecified atom stereocenters. The van der Waals surface area contributed by atoms with Crippen LogP contribution in [-0.2, 0) is 0 Å². The third kappa shape index (κ3) is 15.0. The summed E-state index contributed by atoms with van der Waals surface area (Å²) in [6.07, 6.45) is 17.8. The molecule has 1 heteroatoms. The molecular formula is C18H39Sb. The van der Waals surface area contributed by atoms with Gasteiger partial charge in [0.1, 0.15) is 0 Å². The zero-order valence-electron chi connectivity index (χ0n) is 14.1. The van der Waals surface area contributed by atoms with Crippen LogP contribution in [0.5, 0.6) is 0 Å². The maximum atomic E-state index is 2.36. The molecule has 0 aliphatic rings. The molecule has 0 N–H and O–H groups in total. The Bertz CT molecular complexity index is 148. The molecule has 0 heterocycles. The van der Waals surface area contributed by atoms with E-state index in [1.807, 2.05) is 0 Å². The molecule has 19 heavy (non-hydrogen) atoms. The molecule has 0 rings (SSSR count). The van der Waals surface area contributed by atoms with Gasteiger partial charge >= 0.3 is 131 Å². The van der Waals surface area contributed by atoms with Crippen LogP contribution in [0, 0.1) is 0 Å². The van der Waals surface area contributed by atoms with Crippen molar-refractivity contribution < 1.29 is 0 Å². The molecule has 0 radical (unpaired) electrons. The molecule has 0 fully saturated rings. The van der Waals surface area contributed by atoms with E-state index >= 15 is 0 Å². The average Bonchev–Trinajstić information content (AvgIpc) is 2.43. The van der Waals surface area contributed by atoms with Gasteiger partial charge in [-0.15, -0.1) is 0 Å². The fourth-order valence-electron chi connectivity index (χ4n) is 2.57. The molecule has 0 bridgehead atoms. The molecule has 0 amide bonds. The van der Waals surface area contributed by atoms with E-state index in [1.54, 1.807) is 19.5 Å². The van der Waals surface area contributed by atoms with Gasteiger partial charge in [-0.1, -0.05) is 0 Å². The summed E-state index contributed by atoms with van der Waals surface area (Å²) in [5, 5.41) is 0. The van der Waals surface area contributed by atoms with Gasteiger partial charge in [0, 0.05) is 0 Å². The minimum atomic E-state index is -0.781. The van der Waals surface area contributed by atoms with Gasteiger partial charge in [0.05, 0.1) is 0 Å². The summed E-state index contributed by atoms with van der Waals surface area (Å²) in [5.74, 6) is 0. The molecule has 0 aromatic heterocycles. The summed E-state index contributed by atoms with van der Waals surface area (Å²) in [6.45, 7) is 7.02. The Balaban J connectivity index is 3.40. The van der Waals surface area contributed by atoms with Gasteiger partial charge in [-0.3, -0.25) is 0 Å². The predicted molar refractivity (Wildman–Crippen MR) is 92.6 cm³/mol. The molecule has 0 atom stereocenters. The monoisotopic (exact) mass is 376 g/mol. The van der Waals surface area contributed by atoms with Crippen LogP contribution in [0.4, 0.5) is 0 Å². The molecule has 0 aliphatic carbocycles. The van der Waals surface area contributed by atoms with Crippen LogP contribution in [0.25, 0.3) is 0 Å². The van der Waals surface area contributed by atoms with Crippen molar-refractivity contribution in [2.75, 3.05) is 0 Å². The fourth-order valence-corrected chi connectivity index (χ4v) is 10.8. The van der Waals surface area contributed by atoms with Crippen molar-refractivity contribution in [2.45, 2.75) is 111 Å². The van der Waals surface area contributed by atoms with Gasteiger partial charge in [-0.05, 0) is 0 Å². The number of hydrogen-bond acceptors (Lipinski definition) is 0. The van der Waals surface area contributed by atoms with E-state index in [4.69, 9.17) is 0 Å². The third-order valence-electron chi connectivity index (χ3n) is 3.98. The number of hydrogen-bond donors (Lipinski definition) is 0. The van der Waals surface area contributed by atoms with Crippen LogP contribution in [0.3, 0.4) is 0 Å². The van der Waals surface area contributed by atoms with E-state index in [0.29, 0.717) is 0 Å². The standard InChI is InChI=1S/C10H21.2C4H9.Sb/c1-3-5-7-9-10-8-6-4-2;2*1-3-4-2;/h1,3-10H2,2H3;2*1,3-4H2,2H3;. The summed E-state index contributed by atoms with van der Waals surface area (Å²) in [4.78, 5) is 0. The molecule has 0 saturated heterocycles. The van der Waals surface area contributed by atoms with Gasteiger partial charge in [0.25, 0.3) is 0 Å². The second-order valence-electron chi connectivity index (χ2n) is 6.02. The average molecular weight is 377 g/mol. The Hall–Kier alpha value is 0.818. The molecular weight excluding hydrogens is 338 g/mol. The van der Waals surface area contributed by atoms with Crippen molar-refractivity contribution in [1.82, 2.24) is 0 Å². The van der Waals surface area contributed by atoms with Gasteiger partial charge in [0.15, 0.2) is 0 Å². The van der Waals surface area contributed by atoms with E-state index in [-0.39, 0.29) is 0 Å². The van der Waals surface area contributed by atoms with Crippen molar-refractivity contribution in [3.05, 3.63) is 0 Å². The molecule has 0 aromatic carbocycles. The van der Waals surface area contributed by atoms with Gasteiger partial charge < -0.3 is 0 Å².